The molecular weight excluding hydrogens is 284 g/mol. The summed E-state index contributed by atoms with van der Waals surface area (Å²) in [5.74, 6) is -0.797. The minimum atomic E-state index is -0.758. The van der Waals surface area contributed by atoms with Crippen molar-refractivity contribution in [2.45, 2.75) is 19.4 Å². The number of hydrogen-bond acceptors (Lipinski definition) is 5. The predicted molar refractivity (Wildman–Crippen MR) is 81.3 cm³/mol. The highest BCUT2D eigenvalue weighted by atomic mass is 16.5. The summed E-state index contributed by atoms with van der Waals surface area (Å²) < 4.78 is 6.55. The van der Waals surface area contributed by atoms with E-state index in [9.17, 15) is 9.59 Å². The summed E-state index contributed by atoms with van der Waals surface area (Å²) in [4.78, 5) is 27.1. The van der Waals surface area contributed by atoms with E-state index < -0.39 is 12.0 Å². The third-order valence-electron chi connectivity index (χ3n) is 3.16. The van der Waals surface area contributed by atoms with Crippen molar-refractivity contribution in [3.63, 3.8) is 0 Å². The van der Waals surface area contributed by atoms with Crippen molar-refractivity contribution < 1.29 is 14.3 Å². The van der Waals surface area contributed by atoms with Gasteiger partial charge in [0.15, 0.2) is 0 Å². The van der Waals surface area contributed by atoms with Gasteiger partial charge in [0.2, 0.25) is 5.91 Å². The van der Waals surface area contributed by atoms with Crippen molar-refractivity contribution >= 4 is 17.6 Å². The number of nitrogens with one attached hydrogen (secondary N) is 1. The summed E-state index contributed by atoms with van der Waals surface area (Å²) >= 11 is 0. The third-order valence-corrected chi connectivity index (χ3v) is 3.16. The van der Waals surface area contributed by atoms with Crippen molar-refractivity contribution in [3.05, 3.63) is 42.5 Å². The average Bonchev–Trinajstić information content (AvgIpc) is 2.94. The number of amides is 1. The topological polar surface area (TPSA) is 99.2 Å². The van der Waals surface area contributed by atoms with E-state index in [1.165, 1.54) is 14.0 Å². The van der Waals surface area contributed by atoms with Crippen LogP contribution in [-0.4, -0.2) is 34.6 Å². The van der Waals surface area contributed by atoms with Crippen LogP contribution in [0.15, 0.2) is 36.8 Å². The number of benzene rings is 1. The standard InChI is InChI=1S/C15H18N4O3/c1-10(20)18-14(15(21)22-2)7-13-8-17-9-19(13)12-5-3-11(16)4-6-12/h3-6,8-9,14H,7,16H2,1-2H3,(H,18,20)/t14-/m0/s1. The number of nitrogen functional groups attached to an aromatic ring is 1. The van der Waals surface area contributed by atoms with Crippen LogP contribution in [0, 0.1) is 0 Å². The van der Waals surface area contributed by atoms with Gasteiger partial charge in [0.1, 0.15) is 6.04 Å². The number of esters is 1. The Kier molecular flexibility index (Phi) is 4.77. The number of nitrogens with zero attached hydrogens (tertiary/aromatic N) is 2. The van der Waals surface area contributed by atoms with E-state index in [-0.39, 0.29) is 12.3 Å². The molecule has 2 rings (SSSR count). The van der Waals surface area contributed by atoms with Crippen LogP contribution in [0.3, 0.4) is 0 Å². The Morgan fingerprint density at radius 1 is 1.36 bits per heavy atom. The average molecular weight is 302 g/mol. The summed E-state index contributed by atoms with van der Waals surface area (Å²) in [7, 11) is 1.29. The number of rotatable bonds is 5. The molecule has 2 aromatic rings. The van der Waals surface area contributed by atoms with Gasteiger partial charge in [-0.3, -0.25) is 4.79 Å². The molecule has 0 spiro atoms. The normalized spacial score (nSPS) is 11.7. The summed E-state index contributed by atoms with van der Waals surface area (Å²) in [6, 6.07) is 6.51. The molecule has 0 aliphatic heterocycles. The van der Waals surface area contributed by atoms with E-state index >= 15 is 0 Å². The van der Waals surface area contributed by atoms with Crippen LogP contribution in [0.25, 0.3) is 5.69 Å². The fourth-order valence-corrected chi connectivity index (χ4v) is 2.13. The first-order valence-corrected chi connectivity index (χ1v) is 6.73. The smallest absolute Gasteiger partial charge is 0.328 e. The lowest BCUT2D eigenvalue weighted by atomic mass is 10.1. The Morgan fingerprint density at radius 2 is 2.05 bits per heavy atom. The second kappa shape index (κ2) is 6.75. The van der Waals surface area contributed by atoms with Gasteiger partial charge in [-0.05, 0) is 24.3 Å². The molecule has 0 aliphatic carbocycles. The molecule has 1 aromatic carbocycles. The minimum Gasteiger partial charge on any atom is -0.467 e. The van der Waals surface area contributed by atoms with Crippen molar-refractivity contribution in [3.8, 4) is 5.69 Å². The Balaban J connectivity index is 2.25. The molecule has 1 atom stereocenters. The van der Waals surface area contributed by atoms with Gasteiger partial charge < -0.3 is 20.4 Å². The second-order valence-electron chi connectivity index (χ2n) is 4.83. The molecule has 7 heteroatoms. The van der Waals surface area contributed by atoms with Crippen molar-refractivity contribution in [2.75, 3.05) is 12.8 Å². The molecule has 7 nitrogen and oxygen atoms in total. The minimum absolute atomic E-state index is 0.274. The number of carbonyl (C=O) groups is 2. The van der Waals surface area contributed by atoms with E-state index in [4.69, 9.17) is 10.5 Å². The molecule has 116 valence electrons. The number of carbonyl (C=O) groups excluding carboxylic acids is 2. The third kappa shape index (κ3) is 3.63. The monoisotopic (exact) mass is 302 g/mol. The number of methoxy groups -OCH3 is 1. The van der Waals surface area contributed by atoms with Crippen molar-refractivity contribution in [1.29, 1.82) is 0 Å². The molecule has 0 saturated heterocycles. The highest BCUT2D eigenvalue weighted by Crippen LogP contribution is 2.15. The number of imidazole rings is 1. The first-order valence-electron chi connectivity index (χ1n) is 6.73. The summed E-state index contributed by atoms with van der Waals surface area (Å²) in [5.41, 5.74) is 7.98. The highest BCUT2D eigenvalue weighted by Gasteiger charge is 2.22. The Bertz CT molecular complexity index is 664. The SMILES string of the molecule is COC(=O)[C@H](Cc1cncn1-c1ccc(N)cc1)NC(C)=O. The lowest BCUT2D eigenvalue weighted by Crippen LogP contribution is -2.42. The molecule has 0 fully saturated rings. The first kappa shape index (κ1) is 15.6. The zero-order valence-electron chi connectivity index (χ0n) is 12.4. The van der Waals surface area contributed by atoms with Crippen LogP contribution in [-0.2, 0) is 20.7 Å². The Hall–Kier alpha value is -2.83. The van der Waals surface area contributed by atoms with Gasteiger partial charge in [-0.2, -0.15) is 0 Å². The number of hydrogen-bond donors (Lipinski definition) is 2. The van der Waals surface area contributed by atoms with E-state index in [0.29, 0.717) is 5.69 Å². The van der Waals surface area contributed by atoms with E-state index in [2.05, 4.69) is 10.3 Å². The van der Waals surface area contributed by atoms with Crippen LogP contribution in [0.1, 0.15) is 12.6 Å². The maximum Gasteiger partial charge on any atom is 0.328 e. The summed E-state index contributed by atoms with van der Waals surface area (Å²) in [6.45, 7) is 1.35. The lowest BCUT2D eigenvalue weighted by Gasteiger charge is -2.16. The molecule has 1 amide bonds. The number of anilines is 1. The van der Waals surface area contributed by atoms with Crippen molar-refractivity contribution in [2.24, 2.45) is 0 Å². The van der Waals surface area contributed by atoms with Crippen molar-refractivity contribution in [1.82, 2.24) is 14.9 Å². The fraction of sp³-hybridized carbons (Fsp3) is 0.267. The van der Waals surface area contributed by atoms with E-state index in [1.54, 1.807) is 24.7 Å². The molecule has 0 radical (unpaired) electrons. The molecule has 0 unspecified atom stereocenters. The molecule has 0 bridgehead atoms. The zero-order valence-corrected chi connectivity index (χ0v) is 12.4. The molecule has 3 N–H and O–H groups in total. The van der Waals surface area contributed by atoms with Crippen LogP contribution in [0.2, 0.25) is 0 Å². The van der Waals surface area contributed by atoms with Gasteiger partial charge in [-0.25, -0.2) is 9.78 Å². The quantitative estimate of drug-likeness (QED) is 0.625. The van der Waals surface area contributed by atoms with Gasteiger partial charge in [-0.15, -0.1) is 0 Å². The number of ether oxygens (including phenoxy) is 1. The maximum absolute atomic E-state index is 11.8. The van der Waals surface area contributed by atoms with E-state index in [1.807, 2.05) is 16.7 Å². The first-order chi connectivity index (χ1) is 10.5. The molecule has 1 heterocycles. The van der Waals surface area contributed by atoms with Gasteiger partial charge in [0.25, 0.3) is 0 Å². The molecule has 22 heavy (non-hydrogen) atoms. The number of nitrogens with two attached hydrogens (primary N) is 1. The largest absolute Gasteiger partial charge is 0.467 e. The lowest BCUT2D eigenvalue weighted by molar-refractivity contribution is -0.144. The maximum atomic E-state index is 11.8. The van der Waals surface area contributed by atoms with Gasteiger partial charge in [-0.1, -0.05) is 0 Å². The zero-order chi connectivity index (χ0) is 16.1. The van der Waals surface area contributed by atoms with Gasteiger partial charge in [0, 0.05) is 36.6 Å². The Labute approximate surface area is 128 Å². The molecule has 0 saturated carbocycles. The summed E-state index contributed by atoms with van der Waals surface area (Å²) in [5, 5.41) is 2.58. The van der Waals surface area contributed by atoms with Crippen LogP contribution in [0.5, 0.6) is 0 Å². The van der Waals surface area contributed by atoms with Crippen LogP contribution in [0.4, 0.5) is 5.69 Å². The second-order valence-corrected chi connectivity index (χ2v) is 4.83. The Morgan fingerprint density at radius 3 is 2.64 bits per heavy atom. The number of aromatic nitrogens is 2. The van der Waals surface area contributed by atoms with E-state index in [0.717, 1.165) is 11.4 Å². The van der Waals surface area contributed by atoms with Gasteiger partial charge >= 0.3 is 5.97 Å². The fourth-order valence-electron chi connectivity index (χ4n) is 2.13. The molecule has 0 aliphatic rings. The predicted octanol–water partition coefficient (Wildman–Crippen LogP) is 0.675. The molecule has 1 aromatic heterocycles. The molecular formula is C15H18N4O3. The summed E-state index contributed by atoms with van der Waals surface area (Å²) in [6.07, 6.45) is 3.56. The highest BCUT2D eigenvalue weighted by molar-refractivity contribution is 5.83. The van der Waals surface area contributed by atoms with Gasteiger partial charge in [0.05, 0.1) is 13.4 Å². The van der Waals surface area contributed by atoms with Crippen LogP contribution >= 0.6 is 0 Å². The van der Waals surface area contributed by atoms with Crippen LogP contribution < -0.4 is 11.1 Å².